The van der Waals surface area contributed by atoms with Crippen molar-refractivity contribution in [1.29, 1.82) is 0 Å². The van der Waals surface area contributed by atoms with Gasteiger partial charge in [0.25, 0.3) is 5.91 Å². The van der Waals surface area contributed by atoms with Crippen molar-refractivity contribution in [3.8, 4) is 10.6 Å². The maximum atomic E-state index is 13.4. The molecule has 0 unspecified atom stereocenters. The molecule has 0 atom stereocenters. The number of aromatic nitrogens is 1. The first-order chi connectivity index (χ1) is 14.9. The third kappa shape index (κ3) is 4.11. The second-order valence-electron chi connectivity index (χ2n) is 7.14. The SMILES string of the molecule is CCOC(=O)c1c(NC(=O)c2cc(-c3ccc(C)s3)nc3ccccc23)sc(C)c1C. The molecule has 0 saturated carbocycles. The summed E-state index contributed by atoms with van der Waals surface area (Å²) >= 11 is 3.02. The highest BCUT2D eigenvalue weighted by molar-refractivity contribution is 7.17. The van der Waals surface area contributed by atoms with Gasteiger partial charge in [0.15, 0.2) is 0 Å². The van der Waals surface area contributed by atoms with Gasteiger partial charge in [0, 0.05) is 15.1 Å². The first-order valence-electron chi connectivity index (χ1n) is 9.94. The van der Waals surface area contributed by atoms with Crippen LogP contribution in [0.2, 0.25) is 0 Å². The topological polar surface area (TPSA) is 68.3 Å². The number of fused-ring (bicyclic) bond motifs is 1. The maximum absolute atomic E-state index is 13.4. The Morgan fingerprint density at radius 1 is 1.06 bits per heavy atom. The molecule has 0 saturated heterocycles. The molecule has 1 N–H and O–H groups in total. The molecule has 0 aliphatic carbocycles. The molecule has 0 aliphatic heterocycles. The van der Waals surface area contributed by atoms with E-state index in [4.69, 9.17) is 9.72 Å². The Hall–Kier alpha value is -3.03. The zero-order valence-corrected chi connectivity index (χ0v) is 19.4. The monoisotopic (exact) mass is 450 g/mol. The summed E-state index contributed by atoms with van der Waals surface area (Å²) in [7, 11) is 0. The lowest BCUT2D eigenvalue weighted by Gasteiger charge is -2.10. The van der Waals surface area contributed by atoms with Crippen molar-refractivity contribution in [3.63, 3.8) is 0 Å². The Morgan fingerprint density at radius 2 is 1.84 bits per heavy atom. The zero-order chi connectivity index (χ0) is 22.1. The molecule has 0 spiro atoms. The lowest BCUT2D eigenvalue weighted by molar-refractivity contribution is 0.0527. The van der Waals surface area contributed by atoms with E-state index in [1.807, 2.05) is 63.2 Å². The van der Waals surface area contributed by atoms with E-state index in [9.17, 15) is 9.59 Å². The van der Waals surface area contributed by atoms with Crippen molar-refractivity contribution in [2.24, 2.45) is 0 Å². The number of amides is 1. The van der Waals surface area contributed by atoms with Gasteiger partial charge in [-0.15, -0.1) is 22.7 Å². The van der Waals surface area contributed by atoms with Crippen LogP contribution in [0.1, 0.15) is 43.0 Å². The second-order valence-corrected chi connectivity index (χ2v) is 9.66. The first-order valence-corrected chi connectivity index (χ1v) is 11.6. The molecule has 1 amide bonds. The standard InChI is InChI=1S/C24H22N2O3S2/c1-5-29-24(28)21-14(3)15(4)31-23(21)26-22(27)17-12-19(20-11-10-13(2)30-20)25-18-9-7-6-8-16(17)18/h6-12H,5H2,1-4H3,(H,26,27). The molecule has 0 bridgehead atoms. The molecule has 0 fully saturated rings. The van der Waals surface area contributed by atoms with Crippen LogP contribution in [0.15, 0.2) is 42.5 Å². The summed E-state index contributed by atoms with van der Waals surface area (Å²) in [6.07, 6.45) is 0. The number of hydrogen-bond acceptors (Lipinski definition) is 6. The number of hydrogen-bond donors (Lipinski definition) is 1. The van der Waals surface area contributed by atoms with Gasteiger partial charge in [-0.3, -0.25) is 4.79 Å². The van der Waals surface area contributed by atoms with Gasteiger partial charge in [0.1, 0.15) is 5.00 Å². The van der Waals surface area contributed by atoms with Crippen LogP contribution in [-0.4, -0.2) is 23.5 Å². The zero-order valence-electron chi connectivity index (χ0n) is 17.7. The number of nitrogens with zero attached hydrogens (tertiary/aromatic N) is 1. The molecule has 7 heteroatoms. The first kappa shape index (κ1) is 21.2. The van der Waals surface area contributed by atoms with Gasteiger partial charge in [-0.05, 0) is 57.5 Å². The molecule has 158 valence electrons. The number of ether oxygens (including phenoxy) is 1. The summed E-state index contributed by atoms with van der Waals surface area (Å²) in [5.74, 6) is -0.700. The van der Waals surface area contributed by atoms with Crippen molar-refractivity contribution in [2.75, 3.05) is 11.9 Å². The van der Waals surface area contributed by atoms with E-state index >= 15 is 0 Å². The molecule has 0 radical (unpaired) electrons. The van der Waals surface area contributed by atoms with E-state index in [2.05, 4.69) is 5.32 Å². The number of pyridine rings is 1. The summed E-state index contributed by atoms with van der Waals surface area (Å²) in [4.78, 5) is 33.8. The highest BCUT2D eigenvalue weighted by Gasteiger charge is 2.23. The van der Waals surface area contributed by atoms with Crippen molar-refractivity contribution >= 4 is 50.5 Å². The Balaban J connectivity index is 1.78. The minimum absolute atomic E-state index is 0.277. The number of carbonyl (C=O) groups is 2. The largest absolute Gasteiger partial charge is 0.462 e. The minimum Gasteiger partial charge on any atom is -0.462 e. The number of aryl methyl sites for hydroxylation is 2. The average Bonchev–Trinajstić information content (AvgIpc) is 3.30. The number of carbonyl (C=O) groups excluding carboxylic acids is 2. The fourth-order valence-electron chi connectivity index (χ4n) is 3.40. The highest BCUT2D eigenvalue weighted by Crippen LogP contribution is 2.35. The lowest BCUT2D eigenvalue weighted by Crippen LogP contribution is -2.15. The number of anilines is 1. The number of esters is 1. The number of rotatable bonds is 5. The van der Waals surface area contributed by atoms with E-state index in [1.54, 1.807) is 18.3 Å². The molecule has 4 aromatic rings. The summed E-state index contributed by atoms with van der Waals surface area (Å²) in [6.45, 7) is 7.88. The van der Waals surface area contributed by atoms with Crippen LogP contribution in [0, 0.1) is 20.8 Å². The Labute approximate surface area is 188 Å². The van der Waals surface area contributed by atoms with Crippen molar-refractivity contribution in [1.82, 2.24) is 4.98 Å². The van der Waals surface area contributed by atoms with Crippen molar-refractivity contribution in [3.05, 3.63) is 68.9 Å². The van der Waals surface area contributed by atoms with Gasteiger partial charge >= 0.3 is 5.97 Å². The van der Waals surface area contributed by atoms with E-state index in [0.29, 0.717) is 16.1 Å². The van der Waals surface area contributed by atoms with E-state index < -0.39 is 5.97 Å². The summed E-state index contributed by atoms with van der Waals surface area (Å²) in [5, 5.41) is 4.23. The number of benzene rings is 1. The third-order valence-corrected chi connectivity index (χ3v) is 7.19. The van der Waals surface area contributed by atoms with Gasteiger partial charge in [0.2, 0.25) is 0 Å². The van der Waals surface area contributed by atoms with Gasteiger partial charge in [-0.25, -0.2) is 9.78 Å². The van der Waals surface area contributed by atoms with Crippen LogP contribution in [0.4, 0.5) is 5.00 Å². The highest BCUT2D eigenvalue weighted by atomic mass is 32.1. The van der Waals surface area contributed by atoms with Gasteiger partial charge < -0.3 is 10.1 Å². The summed E-state index contributed by atoms with van der Waals surface area (Å²) in [6, 6.07) is 13.5. The predicted octanol–water partition coefficient (Wildman–Crippen LogP) is 6.38. The third-order valence-electron chi connectivity index (χ3n) is 5.05. The molecule has 3 heterocycles. The molecular formula is C24H22N2O3S2. The van der Waals surface area contributed by atoms with Gasteiger partial charge in [-0.1, -0.05) is 18.2 Å². The fraction of sp³-hybridized carbons (Fsp3) is 0.208. The van der Waals surface area contributed by atoms with Gasteiger partial charge in [-0.2, -0.15) is 0 Å². The number of para-hydroxylation sites is 1. The summed E-state index contributed by atoms with van der Waals surface area (Å²) in [5.41, 5.74) is 3.27. The summed E-state index contributed by atoms with van der Waals surface area (Å²) < 4.78 is 5.21. The smallest absolute Gasteiger partial charge is 0.341 e. The van der Waals surface area contributed by atoms with Crippen molar-refractivity contribution < 1.29 is 14.3 Å². The van der Waals surface area contributed by atoms with Crippen LogP contribution in [-0.2, 0) is 4.74 Å². The van der Waals surface area contributed by atoms with Crippen LogP contribution < -0.4 is 5.32 Å². The molecule has 1 aromatic carbocycles. The molecule has 4 rings (SSSR count). The molecule has 3 aromatic heterocycles. The normalized spacial score (nSPS) is 11.0. The van der Waals surface area contributed by atoms with Crippen molar-refractivity contribution in [2.45, 2.75) is 27.7 Å². The molecule has 0 aliphatic rings. The molecular weight excluding hydrogens is 428 g/mol. The number of thiophene rings is 2. The van der Waals surface area contributed by atoms with Crippen LogP contribution >= 0.6 is 22.7 Å². The van der Waals surface area contributed by atoms with E-state index in [0.717, 1.165) is 31.9 Å². The van der Waals surface area contributed by atoms with E-state index in [1.165, 1.54) is 16.2 Å². The quantitative estimate of drug-likeness (QED) is 0.358. The molecule has 31 heavy (non-hydrogen) atoms. The molecule has 5 nitrogen and oxygen atoms in total. The fourth-order valence-corrected chi connectivity index (χ4v) is 5.27. The lowest BCUT2D eigenvalue weighted by atomic mass is 10.1. The van der Waals surface area contributed by atoms with Gasteiger partial charge in [0.05, 0.1) is 33.8 Å². The van der Waals surface area contributed by atoms with Crippen LogP contribution in [0.3, 0.4) is 0 Å². The average molecular weight is 451 g/mol. The Kier molecular flexibility index (Phi) is 5.89. The number of nitrogens with one attached hydrogen (secondary N) is 1. The maximum Gasteiger partial charge on any atom is 0.341 e. The Bertz CT molecular complexity index is 1300. The van der Waals surface area contributed by atoms with Crippen LogP contribution in [0.25, 0.3) is 21.5 Å². The Morgan fingerprint density at radius 3 is 2.55 bits per heavy atom. The van der Waals surface area contributed by atoms with Crippen LogP contribution in [0.5, 0.6) is 0 Å². The second kappa shape index (κ2) is 8.61. The van der Waals surface area contributed by atoms with E-state index in [-0.39, 0.29) is 12.5 Å². The predicted molar refractivity (Wildman–Crippen MR) is 127 cm³/mol. The minimum atomic E-state index is -0.422.